The third kappa shape index (κ3) is 4.43. The van der Waals surface area contributed by atoms with Crippen LogP contribution in [0.1, 0.15) is 73.7 Å². The molecule has 2 bridgehead atoms. The predicted octanol–water partition coefficient (Wildman–Crippen LogP) is 1.92. The highest BCUT2D eigenvalue weighted by atomic mass is 16.5. The molecular weight excluding hydrogens is 355 g/mol. The lowest BCUT2D eigenvalue weighted by Crippen LogP contribution is -2.49. The number of amides is 1. The molecule has 3 saturated carbocycles. The third-order valence-corrected chi connectivity index (χ3v) is 7.02. The van der Waals surface area contributed by atoms with Crippen molar-refractivity contribution in [2.24, 2.45) is 5.73 Å². The molecule has 6 nitrogen and oxygen atoms in total. The van der Waals surface area contributed by atoms with Crippen LogP contribution in [0.25, 0.3) is 0 Å². The fraction of sp³-hybridized carbons (Fsp3) is 0.667. The van der Waals surface area contributed by atoms with E-state index in [1.54, 1.807) is 0 Å². The summed E-state index contributed by atoms with van der Waals surface area (Å²) in [4.78, 5) is 12.5. The summed E-state index contributed by atoms with van der Waals surface area (Å²) >= 11 is 0. The van der Waals surface area contributed by atoms with Crippen molar-refractivity contribution < 1.29 is 19.6 Å². The van der Waals surface area contributed by atoms with Gasteiger partial charge in [0.1, 0.15) is 0 Å². The van der Waals surface area contributed by atoms with Gasteiger partial charge in [-0.1, -0.05) is 18.6 Å². The molecule has 5 N–H and O–H groups in total. The lowest BCUT2D eigenvalue weighted by atomic mass is 9.56. The average Bonchev–Trinajstić information content (AvgIpc) is 2.74. The Balaban J connectivity index is 1.63. The number of hydrogen-bond donors (Lipinski definition) is 4. The Morgan fingerprint density at radius 3 is 2.25 bits per heavy atom. The molecule has 3 aliphatic carbocycles. The van der Waals surface area contributed by atoms with Crippen LogP contribution < -0.4 is 11.1 Å². The standard InChI is InChI=1S/C21H33BN2O4/c1-28-21-12-9-20(10-13-21,11-14-21)17-7-5-16(6-8-17)19(25)24-18(22(26)27)4-2-3-15-23/h5-8,18,26-27H,2-4,9-15,23H2,1H3,(H,24,25)/t18-,20?,21?/m0/s1. The molecule has 0 unspecified atom stereocenters. The van der Waals surface area contributed by atoms with Crippen molar-refractivity contribution in [3.05, 3.63) is 35.4 Å². The highest BCUT2D eigenvalue weighted by Gasteiger charge is 2.49. The quantitative estimate of drug-likeness (QED) is 0.382. The van der Waals surface area contributed by atoms with E-state index in [-0.39, 0.29) is 16.9 Å². The molecule has 0 radical (unpaired) electrons. The minimum Gasteiger partial charge on any atom is -0.426 e. The summed E-state index contributed by atoms with van der Waals surface area (Å²) in [6, 6.07) is 7.84. The smallest absolute Gasteiger partial charge is 0.426 e. The van der Waals surface area contributed by atoms with Gasteiger partial charge in [0.15, 0.2) is 0 Å². The van der Waals surface area contributed by atoms with E-state index in [0.717, 1.165) is 51.4 Å². The summed E-state index contributed by atoms with van der Waals surface area (Å²) in [5.41, 5.74) is 7.62. The molecule has 1 amide bonds. The molecule has 3 aliphatic rings. The molecule has 28 heavy (non-hydrogen) atoms. The molecule has 0 aliphatic heterocycles. The van der Waals surface area contributed by atoms with Crippen LogP contribution in [0.3, 0.4) is 0 Å². The topological polar surface area (TPSA) is 105 Å². The van der Waals surface area contributed by atoms with Gasteiger partial charge in [0.2, 0.25) is 0 Å². The minimum absolute atomic E-state index is 0.0889. The van der Waals surface area contributed by atoms with Crippen molar-refractivity contribution in [1.29, 1.82) is 0 Å². The Bertz CT molecular complexity index is 640. The van der Waals surface area contributed by atoms with Crippen molar-refractivity contribution in [3.8, 4) is 0 Å². The van der Waals surface area contributed by atoms with Crippen molar-refractivity contribution in [2.75, 3.05) is 13.7 Å². The van der Waals surface area contributed by atoms with E-state index in [0.29, 0.717) is 18.5 Å². The molecular formula is C21H33BN2O4. The predicted molar refractivity (Wildman–Crippen MR) is 110 cm³/mol. The summed E-state index contributed by atoms with van der Waals surface area (Å²) in [6.45, 7) is 0.552. The number of nitrogens with two attached hydrogens (primary N) is 1. The van der Waals surface area contributed by atoms with E-state index in [2.05, 4.69) is 17.4 Å². The highest BCUT2D eigenvalue weighted by molar-refractivity contribution is 6.43. The highest BCUT2D eigenvalue weighted by Crippen LogP contribution is 2.54. The summed E-state index contributed by atoms with van der Waals surface area (Å²) in [7, 11) is 0.253. The molecule has 0 spiro atoms. The number of hydrogen-bond acceptors (Lipinski definition) is 5. The summed E-state index contributed by atoms with van der Waals surface area (Å²) in [6.07, 6.45) is 8.72. The lowest BCUT2D eigenvalue weighted by molar-refractivity contribution is -0.0955. The van der Waals surface area contributed by atoms with E-state index in [4.69, 9.17) is 10.5 Å². The van der Waals surface area contributed by atoms with E-state index in [1.807, 2.05) is 19.2 Å². The van der Waals surface area contributed by atoms with Gasteiger partial charge in [0.25, 0.3) is 5.91 Å². The van der Waals surface area contributed by atoms with E-state index in [1.165, 1.54) is 5.56 Å². The van der Waals surface area contributed by atoms with Crippen LogP contribution in [0.15, 0.2) is 24.3 Å². The van der Waals surface area contributed by atoms with Crippen LogP contribution in [-0.2, 0) is 10.2 Å². The van der Waals surface area contributed by atoms with E-state index >= 15 is 0 Å². The number of carbonyl (C=O) groups excluding carboxylic acids is 1. The van der Waals surface area contributed by atoms with E-state index in [9.17, 15) is 14.8 Å². The monoisotopic (exact) mass is 388 g/mol. The number of unbranched alkanes of at least 4 members (excludes halogenated alkanes) is 1. The number of carbonyl (C=O) groups is 1. The maximum atomic E-state index is 12.5. The number of nitrogens with one attached hydrogen (secondary N) is 1. The summed E-state index contributed by atoms with van der Waals surface area (Å²) < 4.78 is 5.79. The first-order chi connectivity index (χ1) is 13.4. The Labute approximate surface area is 168 Å². The average molecular weight is 388 g/mol. The number of rotatable bonds is 9. The van der Waals surface area contributed by atoms with Crippen LogP contribution in [-0.4, -0.2) is 48.3 Å². The fourth-order valence-electron chi connectivity index (χ4n) is 4.92. The van der Waals surface area contributed by atoms with Crippen LogP contribution in [0.2, 0.25) is 0 Å². The largest absolute Gasteiger partial charge is 0.475 e. The molecule has 0 saturated heterocycles. The molecule has 1 aromatic rings. The van der Waals surface area contributed by atoms with Gasteiger partial charge in [-0.2, -0.15) is 0 Å². The summed E-state index contributed by atoms with van der Waals surface area (Å²) in [5.74, 6) is -0.961. The van der Waals surface area contributed by atoms with Crippen LogP contribution in [0.5, 0.6) is 0 Å². The second kappa shape index (κ2) is 8.95. The Hall–Kier alpha value is -1.41. The molecule has 1 aromatic carbocycles. The fourth-order valence-corrected chi connectivity index (χ4v) is 4.92. The first-order valence-corrected chi connectivity index (χ1v) is 10.5. The van der Waals surface area contributed by atoms with Crippen molar-refractivity contribution in [3.63, 3.8) is 0 Å². The third-order valence-electron chi connectivity index (χ3n) is 7.02. The van der Waals surface area contributed by atoms with Gasteiger partial charge in [0.05, 0.1) is 11.5 Å². The zero-order valence-electron chi connectivity index (χ0n) is 16.8. The molecule has 0 heterocycles. The zero-order valence-corrected chi connectivity index (χ0v) is 16.8. The van der Waals surface area contributed by atoms with Gasteiger partial charge in [-0.3, -0.25) is 4.79 Å². The molecule has 4 rings (SSSR count). The Kier molecular flexibility index (Phi) is 6.81. The zero-order chi connectivity index (χ0) is 20.2. The first kappa shape index (κ1) is 21.3. The number of methoxy groups -OCH3 is 1. The van der Waals surface area contributed by atoms with Gasteiger partial charge in [-0.25, -0.2) is 0 Å². The van der Waals surface area contributed by atoms with Gasteiger partial charge < -0.3 is 25.8 Å². The maximum absolute atomic E-state index is 12.5. The number of benzene rings is 1. The first-order valence-electron chi connectivity index (χ1n) is 10.5. The van der Waals surface area contributed by atoms with E-state index < -0.39 is 13.1 Å². The Morgan fingerprint density at radius 1 is 1.14 bits per heavy atom. The molecule has 7 heteroatoms. The van der Waals surface area contributed by atoms with Crippen molar-refractivity contribution >= 4 is 13.0 Å². The number of fused-ring (bicyclic) bond motifs is 3. The van der Waals surface area contributed by atoms with Crippen LogP contribution in [0.4, 0.5) is 0 Å². The molecule has 0 aromatic heterocycles. The molecule has 154 valence electrons. The van der Waals surface area contributed by atoms with Crippen LogP contribution >= 0.6 is 0 Å². The maximum Gasteiger partial charge on any atom is 0.475 e. The van der Waals surface area contributed by atoms with Gasteiger partial charge in [0, 0.05) is 12.7 Å². The SMILES string of the molecule is COC12CCC(c3ccc(C(=O)N[C@@H](CCCCN)B(O)O)cc3)(CC1)CC2. The second-order valence-electron chi connectivity index (χ2n) is 8.52. The Morgan fingerprint density at radius 2 is 1.75 bits per heavy atom. The molecule has 1 atom stereocenters. The number of ether oxygens (including phenoxy) is 1. The van der Waals surface area contributed by atoms with Crippen molar-refractivity contribution in [1.82, 2.24) is 5.32 Å². The summed E-state index contributed by atoms with van der Waals surface area (Å²) in [5, 5.41) is 21.8. The lowest BCUT2D eigenvalue weighted by Gasteiger charge is -2.53. The van der Waals surface area contributed by atoms with Crippen molar-refractivity contribution in [2.45, 2.75) is 74.7 Å². The minimum atomic E-state index is -1.58. The second-order valence-corrected chi connectivity index (χ2v) is 8.52. The molecule has 3 fully saturated rings. The van der Waals surface area contributed by atoms with Gasteiger partial charge in [-0.05, 0) is 81.0 Å². The van der Waals surface area contributed by atoms with Gasteiger partial charge >= 0.3 is 7.12 Å². The van der Waals surface area contributed by atoms with Gasteiger partial charge in [-0.15, -0.1) is 0 Å². The van der Waals surface area contributed by atoms with Crippen LogP contribution in [0, 0.1) is 0 Å². The normalized spacial score (nSPS) is 27.4.